The number of para-hydroxylation sites is 1. The molecule has 3 rings (SSSR count). The number of fused-ring (bicyclic) bond motifs is 1. The fraction of sp³-hybridized carbons (Fsp3) is 0. The Balaban J connectivity index is 1.96. The lowest BCUT2D eigenvalue weighted by Gasteiger charge is -2.05. The Labute approximate surface area is 123 Å². The normalized spacial score (nSPS) is 10.6. The summed E-state index contributed by atoms with van der Waals surface area (Å²) < 4.78 is 31.0. The summed E-state index contributed by atoms with van der Waals surface area (Å²) in [5.74, 6) is -2.88. The Bertz CT molecular complexity index is 934. The summed E-state index contributed by atoms with van der Waals surface area (Å²) in [5, 5.41) is 2.91. The Kier molecular flexibility index (Phi) is 3.42. The number of amides is 1. The monoisotopic (exact) mass is 301 g/mol. The summed E-state index contributed by atoms with van der Waals surface area (Å²) in [6, 6.07) is 11.0. The van der Waals surface area contributed by atoms with E-state index >= 15 is 0 Å². The maximum absolute atomic E-state index is 13.1. The van der Waals surface area contributed by atoms with Gasteiger partial charge in [0.25, 0.3) is 5.91 Å². The molecule has 0 saturated carbocycles. The summed E-state index contributed by atoms with van der Waals surface area (Å²) in [7, 11) is 0. The highest BCUT2D eigenvalue weighted by Crippen LogP contribution is 2.16. The van der Waals surface area contributed by atoms with Crippen molar-refractivity contribution in [3.8, 4) is 0 Å². The first-order valence-electron chi connectivity index (χ1n) is 6.34. The fourth-order valence-corrected chi connectivity index (χ4v) is 1.99. The Morgan fingerprint density at radius 3 is 2.55 bits per heavy atom. The lowest BCUT2D eigenvalue weighted by Crippen LogP contribution is -2.20. The van der Waals surface area contributed by atoms with Gasteiger partial charge in [-0.25, -0.2) is 13.6 Å². The molecule has 6 heteroatoms. The van der Waals surface area contributed by atoms with Crippen LogP contribution in [-0.4, -0.2) is 5.91 Å². The lowest BCUT2D eigenvalue weighted by atomic mass is 10.1. The summed E-state index contributed by atoms with van der Waals surface area (Å²) in [6.07, 6.45) is 0. The first-order chi connectivity index (χ1) is 10.5. The van der Waals surface area contributed by atoms with Crippen molar-refractivity contribution in [3.63, 3.8) is 0 Å². The quantitative estimate of drug-likeness (QED) is 0.739. The van der Waals surface area contributed by atoms with Crippen molar-refractivity contribution in [2.75, 3.05) is 5.32 Å². The minimum Gasteiger partial charge on any atom is -0.422 e. The van der Waals surface area contributed by atoms with Gasteiger partial charge < -0.3 is 9.73 Å². The van der Waals surface area contributed by atoms with E-state index in [0.717, 1.165) is 12.1 Å². The van der Waals surface area contributed by atoms with E-state index < -0.39 is 23.2 Å². The van der Waals surface area contributed by atoms with Gasteiger partial charge in [-0.3, -0.25) is 4.79 Å². The summed E-state index contributed by atoms with van der Waals surface area (Å²) in [4.78, 5) is 23.9. The van der Waals surface area contributed by atoms with Crippen LogP contribution in [0.15, 0.2) is 57.7 Å². The van der Waals surface area contributed by atoms with Crippen LogP contribution in [-0.2, 0) is 0 Å². The van der Waals surface area contributed by atoms with Crippen molar-refractivity contribution in [3.05, 3.63) is 76.1 Å². The highest BCUT2D eigenvalue weighted by Gasteiger charge is 2.14. The van der Waals surface area contributed by atoms with Gasteiger partial charge in [0.2, 0.25) is 0 Å². The third-order valence-corrected chi connectivity index (χ3v) is 3.06. The molecule has 0 unspecified atom stereocenters. The standard InChI is InChI=1S/C16H9F2NO3/c17-12-6-5-10(8-13(12)18)19-15(20)11-7-9-3-1-2-4-14(9)22-16(11)21/h1-8H,(H,19,20). The van der Waals surface area contributed by atoms with Crippen LogP contribution in [0, 0.1) is 11.6 Å². The van der Waals surface area contributed by atoms with Gasteiger partial charge in [-0.2, -0.15) is 0 Å². The van der Waals surface area contributed by atoms with Crippen LogP contribution in [0.3, 0.4) is 0 Å². The first-order valence-corrected chi connectivity index (χ1v) is 6.34. The number of nitrogens with one attached hydrogen (secondary N) is 1. The summed E-state index contributed by atoms with van der Waals surface area (Å²) >= 11 is 0. The highest BCUT2D eigenvalue weighted by molar-refractivity contribution is 6.05. The zero-order chi connectivity index (χ0) is 15.7. The second kappa shape index (κ2) is 5.40. The predicted octanol–water partition coefficient (Wildman–Crippen LogP) is 3.32. The fourth-order valence-electron chi connectivity index (χ4n) is 1.99. The van der Waals surface area contributed by atoms with Crippen molar-refractivity contribution in [2.45, 2.75) is 0 Å². The van der Waals surface area contributed by atoms with E-state index in [-0.39, 0.29) is 11.3 Å². The molecule has 0 atom stereocenters. The molecule has 1 amide bonds. The highest BCUT2D eigenvalue weighted by atomic mass is 19.2. The smallest absolute Gasteiger partial charge is 0.349 e. The zero-order valence-corrected chi connectivity index (χ0v) is 11.1. The molecule has 2 aromatic carbocycles. The van der Waals surface area contributed by atoms with E-state index in [4.69, 9.17) is 4.42 Å². The molecule has 3 aromatic rings. The molecule has 0 aliphatic carbocycles. The van der Waals surface area contributed by atoms with E-state index in [1.165, 1.54) is 12.1 Å². The van der Waals surface area contributed by atoms with Crippen molar-refractivity contribution in [1.82, 2.24) is 0 Å². The average Bonchev–Trinajstić information content (AvgIpc) is 2.50. The van der Waals surface area contributed by atoms with Crippen LogP contribution in [0.2, 0.25) is 0 Å². The van der Waals surface area contributed by atoms with Crippen LogP contribution in [0.5, 0.6) is 0 Å². The number of hydrogen-bond acceptors (Lipinski definition) is 3. The average molecular weight is 301 g/mol. The predicted molar refractivity (Wildman–Crippen MR) is 76.8 cm³/mol. The molecule has 0 saturated heterocycles. The van der Waals surface area contributed by atoms with Gasteiger partial charge in [-0.05, 0) is 24.3 Å². The van der Waals surface area contributed by atoms with Gasteiger partial charge in [-0.15, -0.1) is 0 Å². The van der Waals surface area contributed by atoms with Crippen molar-refractivity contribution < 1.29 is 18.0 Å². The molecule has 4 nitrogen and oxygen atoms in total. The Hall–Kier alpha value is -3.02. The molecule has 1 N–H and O–H groups in total. The Morgan fingerprint density at radius 2 is 1.77 bits per heavy atom. The maximum Gasteiger partial charge on any atom is 0.349 e. The molecule has 0 aliphatic rings. The molecule has 1 heterocycles. The van der Waals surface area contributed by atoms with Crippen molar-refractivity contribution >= 4 is 22.6 Å². The third-order valence-electron chi connectivity index (χ3n) is 3.06. The van der Waals surface area contributed by atoms with E-state index in [2.05, 4.69) is 5.32 Å². The summed E-state index contributed by atoms with van der Waals surface area (Å²) in [6.45, 7) is 0. The van der Waals surface area contributed by atoms with E-state index in [0.29, 0.717) is 11.0 Å². The molecule has 0 fully saturated rings. The number of carbonyl (C=O) groups excluding carboxylic acids is 1. The molecular weight excluding hydrogens is 292 g/mol. The largest absolute Gasteiger partial charge is 0.422 e. The number of rotatable bonds is 2. The number of anilines is 1. The molecule has 110 valence electrons. The maximum atomic E-state index is 13.1. The molecule has 0 radical (unpaired) electrons. The van der Waals surface area contributed by atoms with Gasteiger partial charge in [0, 0.05) is 17.1 Å². The van der Waals surface area contributed by atoms with Gasteiger partial charge >= 0.3 is 5.63 Å². The van der Waals surface area contributed by atoms with Crippen LogP contribution in [0.4, 0.5) is 14.5 Å². The van der Waals surface area contributed by atoms with Crippen LogP contribution < -0.4 is 10.9 Å². The topological polar surface area (TPSA) is 59.3 Å². The molecular formula is C16H9F2NO3. The van der Waals surface area contributed by atoms with Gasteiger partial charge in [-0.1, -0.05) is 18.2 Å². The minimum absolute atomic E-state index is 0.0384. The van der Waals surface area contributed by atoms with Crippen LogP contribution in [0.1, 0.15) is 10.4 Å². The van der Waals surface area contributed by atoms with E-state index in [9.17, 15) is 18.4 Å². The van der Waals surface area contributed by atoms with Gasteiger partial charge in [0.1, 0.15) is 11.1 Å². The molecule has 22 heavy (non-hydrogen) atoms. The zero-order valence-electron chi connectivity index (χ0n) is 11.1. The molecule has 0 aliphatic heterocycles. The number of hydrogen-bond donors (Lipinski definition) is 1. The molecule has 0 bridgehead atoms. The number of carbonyl (C=O) groups is 1. The summed E-state index contributed by atoms with van der Waals surface area (Å²) in [5.41, 5.74) is -0.629. The van der Waals surface area contributed by atoms with Crippen LogP contribution >= 0.6 is 0 Å². The van der Waals surface area contributed by atoms with Crippen molar-refractivity contribution in [1.29, 1.82) is 0 Å². The first kappa shape index (κ1) is 13.9. The number of benzene rings is 2. The van der Waals surface area contributed by atoms with Crippen molar-refractivity contribution in [2.24, 2.45) is 0 Å². The second-order valence-electron chi connectivity index (χ2n) is 4.57. The van der Waals surface area contributed by atoms with Gasteiger partial charge in [0.05, 0.1) is 0 Å². The third kappa shape index (κ3) is 2.58. The van der Waals surface area contributed by atoms with Crippen LogP contribution in [0.25, 0.3) is 11.0 Å². The minimum atomic E-state index is -1.09. The Morgan fingerprint density at radius 1 is 1.00 bits per heavy atom. The molecule has 0 spiro atoms. The second-order valence-corrected chi connectivity index (χ2v) is 4.57. The lowest BCUT2D eigenvalue weighted by molar-refractivity contribution is 0.102. The number of halogens is 2. The molecule has 1 aromatic heterocycles. The van der Waals surface area contributed by atoms with E-state index in [1.54, 1.807) is 24.3 Å². The van der Waals surface area contributed by atoms with Gasteiger partial charge in [0.15, 0.2) is 11.6 Å². The van der Waals surface area contributed by atoms with E-state index in [1.807, 2.05) is 0 Å². The SMILES string of the molecule is O=C(Nc1ccc(F)c(F)c1)c1cc2ccccc2oc1=O.